The van der Waals surface area contributed by atoms with Crippen molar-refractivity contribution in [1.29, 1.82) is 5.26 Å². The Morgan fingerprint density at radius 2 is 2.10 bits per heavy atom. The normalized spacial score (nSPS) is 15.7. The molecular weight excluding hydrogens is 264 g/mol. The lowest BCUT2D eigenvalue weighted by Crippen LogP contribution is -2.32. The summed E-state index contributed by atoms with van der Waals surface area (Å²) in [7, 11) is 1.72. The summed E-state index contributed by atoms with van der Waals surface area (Å²) >= 11 is 0. The van der Waals surface area contributed by atoms with E-state index in [0.29, 0.717) is 17.9 Å². The van der Waals surface area contributed by atoms with Crippen LogP contribution in [0, 0.1) is 11.3 Å². The van der Waals surface area contributed by atoms with Crippen molar-refractivity contribution < 1.29 is 9.53 Å². The number of hydrogen-bond acceptors (Lipinski definition) is 3. The molecule has 0 spiro atoms. The van der Waals surface area contributed by atoms with Crippen LogP contribution >= 0.6 is 0 Å². The molecular formula is C17H14N2O2. The molecule has 0 saturated heterocycles. The number of fused-ring (bicyclic) bond motifs is 1. The molecule has 104 valence electrons. The van der Waals surface area contributed by atoms with Gasteiger partial charge in [0.1, 0.15) is 18.3 Å². The highest BCUT2D eigenvalue weighted by Gasteiger charge is 2.32. The first-order valence-electron chi connectivity index (χ1n) is 6.70. The molecule has 0 bridgehead atoms. The highest BCUT2D eigenvalue weighted by atomic mass is 16.5. The zero-order chi connectivity index (χ0) is 14.8. The predicted octanol–water partition coefficient (Wildman–Crippen LogP) is 2.70. The Balaban J connectivity index is 1.87. The summed E-state index contributed by atoms with van der Waals surface area (Å²) in [5.74, 6) is 0.446. The maximum atomic E-state index is 12.7. The minimum absolute atomic E-state index is 0.0324. The van der Waals surface area contributed by atoms with Gasteiger partial charge in [-0.15, -0.1) is 0 Å². The number of nitrogens with zero attached hydrogens (tertiary/aromatic N) is 2. The number of para-hydroxylation sites is 1. The van der Waals surface area contributed by atoms with Crippen molar-refractivity contribution in [1.82, 2.24) is 0 Å². The van der Waals surface area contributed by atoms with E-state index < -0.39 is 0 Å². The number of benzene rings is 2. The van der Waals surface area contributed by atoms with E-state index >= 15 is 0 Å². The summed E-state index contributed by atoms with van der Waals surface area (Å²) in [6.45, 7) is 0.362. The summed E-state index contributed by atoms with van der Waals surface area (Å²) in [6, 6.07) is 16.7. The zero-order valence-corrected chi connectivity index (χ0v) is 11.6. The molecule has 0 aromatic heterocycles. The van der Waals surface area contributed by atoms with Crippen molar-refractivity contribution in [2.75, 3.05) is 18.6 Å². The third kappa shape index (κ3) is 2.34. The molecule has 3 rings (SSSR count). The SMILES string of the molecule is CN(C(=O)C1COc2ccccc21)c1cccc(C#N)c1. The van der Waals surface area contributed by atoms with Crippen LogP contribution in [-0.4, -0.2) is 19.6 Å². The summed E-state index contributed by atoms with van der Waals surface area (Å²) in [6.07, 6.45) is 0. The van der Waals surface area contributed by atoms with E-state index in [0.717, 1.165) is 11.3 Å². The second-order valence-corrected chi connectivity index (χ2v) is 4.96. The van der Waals surface area contributed by atoms with Gasteiger partial charge in [0.15, 0.2) is 0 Å². The molecule has 0 aliphatic carbocycles. The van der Waals surface area contributed by atoms with Crippen LogP contribution in [0.25, 0.3) is 0 Å². The third-order valence-corrected chi connectivity index (χ3v) is 3.69. The van der Waals surface area contributed by atoms with E-state index in [9.17, 15) is 4.79 Å². The first-order chi connectivity index (χ1) is 10.2. The Bertz CT molecular complexity index is 734. The number of carbonyl (C=O) groups is 1. The summed E-state index contributed by atoms with van der Waals surface area (Å²) in [5, 5.41) is 8.95. The van der Waals surface area contributed by atoms with Gasteiger partial charge >= 0.3 is 0 Å². The molecule has 1 amide bonds. The van der Waals surface area contributed by atoms with E-state index in [1.807, 2.05) is 30.3 Å². The van der Waals surface area contributed by atoms with Gasteiger partial charge in [-0.05, 0) is 24.3 Å². The summed E-state index contributed by atoms with van der Waals surface area (Å²) < 4.78 is 5.56. The van der Waals surface area contributed by atoms with Crippen molar-refractivity contribution in [3.8, 4) is 11.8 Å². The summed E-state index contributed by atoms with van der Waals surface area (Å²) in [5.41, 5.74) is 2.17. The molecule has 0 saturated carbocycles. The molecule has 1 heterocycles. The van der Waals surface area contributed by atoms with E-state index in [-0.39, 0.29) is 11.8 Å². The third-order valence-electron chi connectivity index (χ3n) is 3.69. The molecule has 1 aliphatic heterocycles. The smallest absolute Gasteiger partial charge is 0.237 e. The highest BCUT2D eigenvalue weighted by molar-refractivity contribution is 5.98. The number of anilines is 1. The Kier molecular flexibility index (Phi) is 3.33. The topological polar surface area (TPSA) is 53.3 Å². The molecule has 1 aliphatic rings. The van der Waals surface area contributed by atoms with E-state index in [1.165, 1.54) is 0 Å². The van der Waals surface area contributed by atoms with Crippen LogP contribution in [-0.2, 0) is 4.79 Å². The molecule has 4 nitrogen and oxygen atoms in total. The lowest BCUT2D eigenvalue weighted by Gasteiger charge is -2.20. The van der Waals surface area contributed by atoms with Crippen molar-refractivity contribution in [3.05, 3.63) is 59.7 Å². The van der Waals surface area contributed by atoms with Crippen LogP contribution in [0.5, 0.6) is 5.75 Å². The maximum Gasteiger partial charge on any atom is 0.237 e. The number of ether oxygens (including phenoxy) is 1. The molecule has 1 atom stereocenters. The predicted molar refractivity (Wildman–Crippen MR) is 79.2 cm³/mol. The van der Waals surface area contributed by atoms with E-state index in [4.69, 9.17) is 10.00 Å². The minimum Gasteiger partial charge on any atom is -0.492 e. The van der Waals surface area contributed by atoms with Crippen LogP contribution in [0.1, 0.15) is 17.0 Å². The molecule has 21 heavy (non-hydrogen) atoms. The van der Waals surface area contributed by atoms with Gasteiger partial charge in [0.05, 0.1) is 11.6 Å². The maximum absolute atomic E-state index is 12.7. The second kappa shape index (κ2) is 5.29. The zero-order valence-electron chi connectivity index (χ0n) is 11.6. The average Bonchev–Trinajstić information content (AvgIpc) is 2.97. The Morgan fingerprint density at radius 3 is 2.90 bits per heavy atom. The monoisotopic (exact) mass is 278 g/mol. The molecule has 0 fully saturated rings. The molecule has 2 aromatic carbocycles. The van der Waals surface area contributed by atoms with Gasteiger partial charge in [-0.25, -0.2) is 0 Å². The fourth-order valence-electron chi connectivity index (χ4n) is 2.51. The number of nitriles is 1. The Hall–Kier alpha value is -2.80. The number of hydrogen-bond donors (Lipinski definition) is 0. The van der Waals surface area contributed by atoms with Gasteiger partial charge < -0.3 is 9.64 Å². The lowest BCUT2D eigenvalue weighted by atomic mass is 9.99. The second-order valence-electron chi connectivity index (χ2n) is 4.96. The fourth-order valence-corrected chi connectivity index (χ4v) is 2.51. The van der Waals surface area contributed by atoms with E-state index in [2.05, 4.69) is 6.07 Å². The van der Waals surface area contributed by atoms with Gasteiger partial charge in [0, 0.05) is 18.3 Å². The van der Waals surface area contributed by atoms with E-state index in [1.54, 1.807) is 30.1 Å². The Morgan fingerprint density at radius 1 is 1.29 bits per heavy atom. The highest BCUT2D eigenvalue weighted by Crippen LogP contribution is 2.35. The number of amides is 1. The molecule has 1 unspecified atom stereocenters. The van der Waals surface area contributed by atoms with Gasteiger partial charge in [0.2, 0.25) is 5.91 Å². The lowest BCUT2D eigenvalue weighted by molar-refractivity contribution is -0.119. The summed E-state index contributed by atoms with van der Waals surface area (Å²) in [4.78, 5) is 14.3. The van der Waals surface area contributed by atoms with Gasteiger partial charge in [0.25, 0.3) is 0 Å². The largest absolute Gasteiger partial charge is 0.492 e. The first-order valence-corrected chi connectivity index (χ1v) is 6.70. The molecule has 0 radical (unpaired) electrons. The number of likely N-dealkylation sites (N-methyl/N-ethyl adjacent to an activating group) is 1. The number of rotatable bonds is 2. The Labute approximate surface area is 123 Å². The van der Waals surface area contributed by atoms with Gasteiger partial charge in [-0.2, -0.15) is 5.26 Å². The van der Waals surface area contributed by atoms with Gasteiger partial charge in [-0.3, -0.25) is 4.79 Å². The molecule has 0 N–H and O–H groups in total. The van der Waals surface area contributed by atoms with Gasteiger partial charge in [-0.1, -0.05) is 24.3 Å². The van der Waals surface area contributed by atoms with Crippen molar-refractivity contribution in [3.63, 3.8) is 0 Å². The average molecular weight is 278 g/mol. The van der Waals surface area contributed by atoms with Crippen molar-refractivity contribution in [2.45, 2.75) is 5.92 Å². The van der Waals surface area contributed by atoms with Crippen molar-refractivity contribution in [2.24, 2.45) is 0 Å². The molecule has 2 aromatic rings. The van der Waals surface area contributed by atoms with Crippen LogP contribution in [0.15, 0.2) is 48.5 Å². The van der Waals surface area contributed by atoms with Crippen LogP contribution in [0.3, 0.4) is 0 Å². The number of carbonyl (C=O) groups excluding carboxylic acids is 1. The standard InChI is InChI=1S/C17H14N2O2/c1-19(13-6-4-5-12(9-13)10-18)17(20)15-11-21-16-8-3-2-7-14(15)16/h2-9,15H,11H2,1H3. The van der Waals surface area contributed by atoms with Crippen LogP contribution in [0.2, 0.25) is 0 Å². The van der Waals surface area contributed by atoms with Crippen molar-refractivity contribution >= 4 is 11.6 Å². The fraction of sp³-hybridized carbons (Fsp3) is 0.176. The first kappa shape index (κ1) is 13.2. The van der Waals surface area contributed by atoms with Crippen LogP contribution < -0.4 is 9.64 Å². The quantitative estimate of drug-likeness (QED) is 0.848. The minimum atomic E-state index is -0.294. The van der Waals surface area contributed by atoms with Crippen LogP contribution in [0.4, 0.5) is 5.69 Å². The molecule has 4 heteroatoms.